The molecule has 0 aliphatic heterocycles. The Morgan fingerprint density at radius 1 is 1.50 bits per heavy atom. The van der Waals surface area contributed by atoms with Gasteiger partial charge in [-0.1, -0.05) is 18.2 Å². The average molecular weight is 450 g/mol. The standard InChI is InChI=1S/C12H9BrIN3O3/c1-7-15-11(13)12(17(19)20)16(7)6-10(18)8-4-2-3-5-9(8)14/h2-5H,6H2,1H3. The Hall–Kier alpha value is -1.29. The van der Waals surface area contributed by atoms with Gasteiger partial charge in [0.2, 0.25) is 10.4 Å². The predicted molar refractivity (Wildman–Crippen MR) is 84.8 cm³/mol. The number of aromatic nitrogens is 2. The number of benzene rings is 1. The molecule has 0 fully saturated rings. The molecule has 8 heteroatoms. The van der Waals surface area contributed by atoms with E-state index in [0.717, 1.165) is 3.57 Å². The van der Waals surface area contributed by atoms with Crippen LogP contribution in [0, 0.1) is 20.6 Å². The summed E-state index contributed by atoms with van der Waals surface area (Å²) in [5.41, 5.74) is 0.548. The number of hydrogen-bond acceptors (Lipinski definition) is 4. The van der Waals surface area contributed by atoms with E-state index in [0.29, 0.717) is 11.4 Å². The lowest BCUT2D eigenvalue weighted by Crippen LogP contribution is -2.14. The first-order valence-electron chi connectivity index (χ1n) is 5.56. The van der Waals surface area contributed by atoms with E-state index in [1.165, 1.54) is 4.57 Å². The highest BCUT2D eigenvalue weighted by Gasteiger charge is 2.26. The van der Waals surface area contributed by atoms with Crippen molar-refractivity contribution >= 4 is 50.1 Å². The van der Waals surface area contributed by atoms with Crippen molar-refractivity contribution in [2.24, 2.45) is 0 Å². The fourth-order valence-electron chi connectivity index (χ4n) is 1.80. The SMILES string of the molecule is Cc1nc(Br)c([N+](=O)[O-])n1CC(=O)c1ccccc1I. The third-order valence-electron chi connectivity index (χ3n) is 2.74. The molecule has 0 spiro atoms. The fraction of sp³-hybridized carbons (Fsp3) is 0.167. The molecule has 0 aliphatic rings. The van der Waals surface area contributed by atoms with Gasteiger partial charge in [0.15, 0.2) is 12.4 Å². The van der Waals surface area contributed by atoms with E-state index in [1.54, 1.807) is 19.1 Å². The maximum Gasteiger partial charge on any atom is 0.357 e. The Bertz CT molecular complexity index is 699. The second-order valence-corrected chi connectivity index (χ2v) is 5.93. The molecule has 0 bridgehead atoms. The van der Waals surface area contributed by atoms with Crippen LogP contribution in [0.1, 0.15) is 16.2 Å². The highest BCUT2D eigenvalue weighted by molar-refractivity contribution is 14.1. The lowest BCUT2D eigenvalue weighted by atomic mass is 10.1. The molecule has 104 valence electrons. The highest BCUT2D eigenvalue weighted by Crippen LogP contribution is 2.26. The molecule has 0 N–H and O–H groups in total. The monoisotopic (exact) mass is 449 g/mol. The molecule has 0 saturated heterocycles. The van der Waals surface area contributed by atoms with Crippen LogP contribution in [-0.4, -0.2) is 20.3 Å². The number of carbonyl (C=O) groups excluding carboxylic acids is 1. The summed E-state index contributed by atoms with van der Waals surface area (Å²) >= 11 is 5.11. The number of aryl methyl sites for hydroxylation is 1. The van der Waals surface area contributed by atoms with Crippen molar-refractivity contribution in [2.75, 3.05) is 0 Å². The molecule has 2 rings (SSSR count). The van der Waals surface area contributed by atoms with Gasteiger partial charge in [-0.15, -0.1) is 0 Å². The number of nitrogens with zero attached hydrogens (tertiary/aromatic N) is 3. The molecule has 0 saturated carbocycles. The largest absolute Gasteiger partial charge is 0.358 e. The summed E-state index contributed by atoms with van der Waals surface area (Å²) in [6, 6.07) is 7.12. The van der Waals surface area contributed by atoms with Crippen LogP contribution in [0.4, 0.5) is 5.82 Å². The van der Waals surface area contributed by atoms with Crippen molar-refractivity contribution in [1.29, 1.82) is 0 Å². The zero-order chi connectivity index (χ0) is 14.9. The van der Waals surface area contributed by atoms with Crippen molar-refractivity contribution in [1.82, 2.24) is 9.55 Å². The minimum Gasteiger partial charge on any atom is -0.358 e. The number of halogens is 2. The van der Waals surface area contributed by atoms with Gasteiger partial charge in [-0.25, -0.2) is 4.57 Å². The molecule has 1 aromatic carbocycles. The number of rotatable bonds is 4. The van der Waals surface area contributed by atoms with E-state index in [4.69, 9.17) is 0 Å². The third kappa shape index (κ3) is 2.90. The van der Waals surface area contributed by atoms with Crippen LogP contribution in [0.15, 0.2) is 28.9 Å². The van der Waals surface area contributed by atoms with Crippen LogP contribution >= 0.6 is 38.5 Å². The molecule has 0 amide bonds. The van der Waals surface area contributed by atoms with Gasteiger partial charge in [0, 0.05) is 16.1 Å². The van der Waals surface area contributed by atoms with Gasteiger partial charge < -0.3 is 10.1 Å². The lowest BCUT2D eigenvalue weighted by molar-refractivity contribution is -0.392. The summed E-state index contributed by atoms with van der Waals surface area (Å²) in [5.74, 6) is 0.0238. The second-order valence-electron chi connectivity index (χ2n) is 4.02. The number of imidazole rings is 1. The first kappa shape index (κ1) is 15.1. The van der Waals surface area contributed by atoms with Gasteiger partial charge in [-0.2, -0.15) is 4.98 Å². The van der Waals surface area contributed by atoms with E-state index in [2.05, 4.69) is 43.5 Å². The lowest BCUT2D eigenvalue weighted by Gasteiger charge is -2.04. The zero-order valence-electron chi connectivity index (χ0n) is 10.3. The molecular weight excluding hydrogens is 441 g/mol. The van der Waals surface area contributed by atoms with Crippen LogP contribution in [0.5, 0.6) is 0 Å². The Morgan fingerprint density at radius 3 is 2.75 bits per heavy atom. The van der Waals surface area contributed by atoms with Gasteiger partial charge in [-0.05, 0) is 49.5 Å². The quantitative estimate of drug-likeness (QED) is 0.310. The van der Waals surface area contributed by atoms with Gasteiger partial charge in [0.1, 0.15) is 0 Å². The summed E-state index contributed by atoms with van der Waals surface area (Å²) in [6.07, 6.45) is 0. The van der Waals surface area contributed by atoms with Crippen molar-refractivity contribution in [2.45, 2.75) is 13.5 Å². The normalized spacial score (nSPS) is 10.6. The number of carbonyl (C=O) groups is 1. The summed E-state index contributed by atoms with van der Waals surface area (Å²) in [4.78, 5) is 26.8. The topological polar surface area (TPSA) is 78.0 Å². The predicted octanol–water partition coefficient (Wildman–Crippen LogP) is 3.35. The molecule has 6 nitrogen and oxygen atoms in total. The fourth-order valence-corrected chi connectivity index (χ4v) is 3.10. The number of ketones is 1. The van der Waals surface area contributed by atoms with Crippen LogP contribution < -0.4 is 0 Å². The molecule has 1 aromatic heterocycles. The maximum absolute atomic E-state index is 12.3. The molecule has 0 radical (unpaired) electrons. The van der Waals surface area contributed by atoms with Crippen LogP contribution in [0.2, 0.25) is 0 Å². The zero-order valence-corrected chi connectivity index (χ0v) is 14.1. The average Bonchev–Trinajstić information content (AvgIpc) is 2.64. The van der Waals surface area contributed by atoms with Crippen molar-refractivity contribution < 1.29 is 9.72 Å². The van der Waals surface area contributed by atoms with Crippen LogP contribution in [0.25, 0.3) is 0 Å². The van der Waals surface area contributed by atoms with Gasteiger partial charge in [0.05, 0.1) is 0 Å². The smallest absolute Gasteiger partial charge is 0.357 e. The Morgan fingerprint density at radius 2 is 2.15 bits per heavy atom. The Balaban J connectivity index is 2.38. The summed E-state index contributed by atoms with van der Waals surface area (Å²) < 4.78 is 2.25. The first-order chi connectivity index (χ1) is 9.41. The molecule has 0 aliphatic carbocycles. The van der Waals surface area contributed by atoms with Gasteiger partial charge in [0.25, 0.3) is 0 Å². The van der Waals surface area contributed by atoms with E-state index in [1.807, 2.05) is 12.1 Å². The molecule has 2 aromatic rings. The second kappa shape index (κ2) is 6.00. The minimum absolute atomic E-state index is 0.110. The summed E-state index contributed by atoms with van der Waals surface area (Å²) in [7, 11) is 0. The van der Waals surface area contributed by atoms with Crippen LogP contribution in [-0.2, 0) is 6.54 Å². The highest BCUT2D eigenvalue weighted by atomic mass is 127. The minimum atomic E-state index is -0.548. The molecule has 0 atom stereocenters. The summed E-state index contributed by atoms with van der Waals surface area (Å²) in [6.45, 7) is 1.52. The van der Waals surface area contributed by atoms with Gasteiger partial charge in [-0.3, -0.25) is 4.79 Å². The molecule has 20 heavy (non-hydrogen) atoms. The summed E-state index contributed by atoms with van der Waals surface area (Å²) in [5, 5.41) is 11.0. The van der Waals surface area contributed by atoms with Crippen molar-refractivity contribution in [3.8, 4) is 0 Å². The number of hydrogen-bond donors (Lipinski definition) is 0. The van der Waals surface area contributed by atoms with Gasteiger partial charge >= 0.3 is 5.82 Å². The van der Waals surface area contributed by atoms with Crippen molar-refractivity contribution in [3.05, 3.63) is 53.9 Å². The maximum atomic E-state index is 12.3. The molecule has 1 heterocycles. The number of Topliss-reactive ketones (excluding diaryl/α,β-unsaturated/α-hetero) is 1. The van der Waals surface area contributed by atoms with E-state index in [9.17, 15) is 14.9 Å². The number of nitro groups is 1. The Labute approximate surface area is 136 Å². The molecular formula is C12H9BrIN3O3. The Kier molecular flexibility index (Phi) is 4.53. The van der Waals surface area contributed by atoms with E-state index >= 15 is 0 Å². The van der Waals surface area contributed by atoms with Crippen LogP contribution in [0.3, 0.4) is 0 Å². The van der Waals surface area contributed by atoms with E-state index in [-0.39, 0.29) is 22.7 Å². The third-order valence-corrected chi connectivity index (χ3v) is 4.21. The molecule has 0 unspecified atom stereocenters. The van der Waals surface area contributed by atoms with Crippen molar-refractivity contribution in [3.63, 3.8) is 0 Å². The van der Waals surface area contributed by atoms with E-state index < -0.39 is 4.92 Å². The first-order valence-corrected chi connectivity index (χ1v) is 7.43.